The summed E-state index contributed by atoms with van der Waals surface area (Å²) >= 11 is 13.4. The molecule has 0 amide bonds. The van der Waals surface area contributed by atoms with Gasteiger partial charge in [-0.05, 0) is 77.9 Å². The second-order valence-electron chi connectivity index (χ2n) is 14.8. The molecular weight excluding hydrogens is 857 g/mol. The highest BCUT2D eigenvalue weighted by molar-refractivity contribution is 6.32. The van der Waals surface area contributed by atoms with E-state index < -0.39 is 12.0 Å². The van der Waals surface area contributed by atoms with E-state index in [0.29, 0.717) is 55.3 Å². The van der Waals surface area contributed by atoms with Crippen molar-refractivity contribution in [3.8, 4) is 40.2 Å². The summed E-state index contributed by atoms with van der Waals surface area (Å²) < 4.78 is 24.9. The first-order chi connectivity index (χ1) is 31.0. The van der Waals surface area contributed by atoms with Crippen molar-refractivity contribution in [1.29, 1.82) is 5.26 Å². The number of pyridine rings is 2. The SMILES string of the molecule is CN=Cc1cncc(COc2cc(OCc3cccc(-c4cccc(COc5cc(OCc6cncc(C#N)c6)c(CO)cc5Cl)c4C)c3C)c(Cl)cc2CN[C@H](CCO)C(=O)O)c1. The molecule has 2 aromatic heterocycles. The standard InChI is InChI=1S/C49H47Cl2N5O8/c1-30-36(28-63-47-16-45(61-27-35-13-33(19-53-3)21-55-23-35)38(14-42(47)50)24-56-44(10-11-57)49(59)60)6-4-8-40(30)41-9-5-7-37(31(41)2)29-64-48-17-46(39(25-58)15-43(48)51)62-26-34-12-32(18-52)20-54-22-34/h4-9,12-17,19-23,44,56-58H,10-11,24-29H2,1-3H3,(H,59,60)/t44-/m1/s1. The summed E-state index contributed by atoms with van der Waals surface area (Å²) in [4.78, 5) is 24.2. The van der Waals surface area contributed by atoms with Crippen LogP contribution in [0.2, 0.25) is 10.0 Å². The molecule has 0 fully saturated rings. The number of hydrogen-bond acceptors (Lipinski definition) is 12. The topological polar surface area (TPSA) is 189 Å². The number of carboxylic acid groups (broad SMARTS) is 1. The molecule has 6 aromatic rings. The zero-order chi connectivity index (χ0) is 45.6. The van der Waals surface area contributed by atoms with E-state index in [-0.39, 0.29) is 52.6 Å². The minimum absolute atomic E-state index is 0.0294. The van der Waals surface area contributed by atoms with Crippen LogP contribution in [-0.2, 0) is 44.4 Å². The quantitative estimate of drug-likeness (QED) is 0.0504. The number of aliphatic imine (C=N–C) groups is 1. The lowest BCUT2D eigenvalue weighted by Gasteiger charge is -2.19. The van der Waals surface area contributed by atoms with E-state index in [1.807, 2.05) is 44.2 Å². The average molecular weight is 905 g/mol. The number of benzene rings is 4. The van der Waals surface area contributed by atoms with Gasteiger partial charge in [0.15, 0.2) is 0 Å². The van der Waals surface area contributed by atoms with Crippen molar-refractivity contribution in [3.05, 3.63) is 163 Å². The summed E-state index contributed by atoms with van der Waals surface area (Å²) in [5.74, 6) is 0.506. The van der Waals surface area contributed by atoms with Crippen molar-refractivity contribution in [3.63, 3.8) is 0 Å². The van der Waals surface area contributed by atoms with E-state index in [1.54, 1.807) is 62.2 Å². The molecule has 0 aliphatic carbocycles. The number of nitrogens with zero attached hydrogens (tertiary/aromatic N) is 4. The van der Waals surface area contributed by atoms with Gasteiger partial charge < -0.3 is 39.6 Å². The zero-order valence-corrected chi connectivity index (χ0v) is 37.0. The lowest BCUT2D eigenvalue weighted by molar-refractivity contribution is -0.140. The summed E-state index contributed by atoms with van der Waals surface area (Å²) in [5.41, 5.74) is 9.71. The summed E-state index contributed by atoms with van der Waals surface area (Å²) in [6, 6.07) is 23.4. The van der Waals surface area contributed by atoms with Crippen LogP contribution < -0.4 is 24.3 Å². The Morgan fingerprint density at radius 2 is 1.30 bits per heavy atom. The summed E-state index contributed by atoms with van der Waals surface area (Å²) in [5, 5.41) is 41.9. The van der Waals surface area contributed by atoms with Crippen LogP contribution in [0.5, 0.6) is 23.0 Å². The van der Waals surface area contributed by atoms with E-state index in [9.17, 15) is 25.4 Å². The highest BCUT2D eigenvalue weighted by Crippen LogP contribution is 2.37. The second-order valence-corrected chi connectivity index (χ2v) is 15.6. The highest BCUT2D eigenvalue weighted by Gasteiger charge is 2.20. The largest absolute Gasteiger partial charge is 0.488 e. The van der Waals surface area contributed by atoms with Gasteiger partial charge in [0.05, 0.1) is 22.2 Å². The van der Waals surface area contributed by atoms with Gasteiger partial charge in [-0.2, -0.15) is 5.26 Å². The van der Waals surface area contributed by atoms with E-state index in [1.165, 1.54) is 6.20 Å². The molecule has 4 N–H and O–H groups in total. The minimum Gasteiger partial charge on any atom is -0.488 e. The third-order valence-corrected chi connectivity index (χ3v) is 11.0. The molecule has 330 valence electrons. The molecule has 0 unspecified atom stereocenters. The van der Waals surface area contributed by atoms with Gasteiger partial charge in [-0.15, -0.1) is 0 Å². The molecule has 4 aromatic carbocycles. The Morgan fingerprint density at radius 3 is 1.84 bits per heavy atom. The zero-order valence-electron chi connectivity index (χ0n) is 35.5. The molecule has 0 radical (unpaired) electrons. The number of aromatic nitrogens is 2. The smallest absolute Gasteiger partial charge is 0.320 e. The van der Waals surface area contributed by atoms with Gasteiger partial charge >= 0.3 is 5.97 Å². The first-order valence-electron chi connectivity index (χ1n) is 20.2. The number of aliphatic hydroxyl groups is 2. The monoisotopic (exact) mass is 903 g/mol. The van der Waals surface area contributed by atoms with Gasteiger partial charge in [0.1, 0.15) is 61.5 Å². The number of aliphatic hydroxyl groups excluding tert-OH is 2. The fraction of sp³-hybridized carbons (Fsp3) is 0.245. The third kappa shape index (κ3) is 12.1. The number of nitriles is 1. The maximum Gasteiger partial charge on any atom is 0.320 e. The molecular formula is C49H47Cl2N5O8. The molecule has 15 heteroatoms. The first-order valence-corrected chi connectivity index (χ1v) is 21.0. The number of carbonyl (C=O) groups is 1. The normalized spacial score (nSPS) is 11.6. The maximum absolute atomic E-state index is 11.8. The van der Waals surface area contributed by atoms with Crippen LogP contribution >= 0.6 is 23.2 Å². The van der Waals surface area contributed by atoms with Crippen molar-refractivity contribution >= 4 is 35.4 Å². The molecule has 0 spiro atoms. The fourth-order valence-corrected chi connectivity index (χ4v) is 7.39. The van der Waals surface area contributed by atoms with Crippen molar-refractivity contribution in [2.45, 2.75) is 65.9 Å². The number of ether oxygens (including phenoxy) is 4. The number of aliphatic carboxylic acids is 1. The van der Waals surface area contributed by atoms with Crippen molar-refractivity contribution in [2.75, 3.05) is 13.7 Å². The molecule has 64 heavy (non-hydrogen) atoms. The maximum atomic E-state index is 11.8. The van der Waals surface area contributed by atoms with Gasteiger partial charge in [-0.25, -0.2) is 0 Å². The molecule has 0 saturated carbocycles. The predicted octanol–water partition coefficient (Wildman–Crippen LogP) is 8.72. The number of rotatable bonds is 21. The Hall–Kier alpha value is -6.53. The summed E-state index contributed by atoms with van der Waals surface area (Å²) in [6.45, 7) is 4.27. The van der Waals surface area contributed by atoms with Gasteiger partial charge in [0, 0.05) is 91.2 Å². The van der Waals surface area contributed by atoms with Crippen LogP contribution in [0.4, 0.5) is 0 Å². The summed E-state index contributed by atoms with van der Waals surface area (Å²) in [7, 11) is 1.68. The van der Waals surface area contributed by atoms with Crippen LogP contribution in [0.1, 0.15) is 62.1 Å². The van der Waals surface area contributed by atoms with E-state index in [2.05, 4.69) is 38.5 Å². The minimum atomic E-state index is -1.08. The van der Waals surface area contributed by atoms with Gasteiger partial charge in [-0.1, -0.05) is 59.6 Å². The number of hydrogen-bond donors (Lipinski definition) is 4. The number of carboxylic acids is 1. The molecule has 13 nitrogen and oxygen atoms in total. The Labute approximate surface area is 381 Å². The van der Waals surface area contributed by atoms with Gasteiger partial charge in [0.25, 0.3) is 0 Å². The van der Waals surface area contributed by atoms with Gasteiger partial charge in [-0.3, -0.25) is 19.8 Å². The van der Waals surface area contributed by atoms with Crippen LogP contribution in [-0.4, -0.2) is 57.2 Å². The lowest BCUT2D eigenvalue weighted by atomic mass is 9.92. The van der Waals surface area contributed by atoms with E-state index in [0.717, 1.165) is 44.5 Å². The third-order valence-electron chi connectivity index (χ3n) is 10.4. The first kappa shape index (κ1) is 47.0. The summed E-state index contributed by atoms with van der Waals surface area (Å²) in [6.07, 6.45) is 8.20. The average Bonchev–Trinajstić information content (AvgIpc) is 3.29. The Balaban J connectivity index is 1.19. The Bertz CT molecular complexity index is 2670. The van der Waals surface area contributed by atoms with Crippen LogP contribution in [0.3, 0.4) is 0 Å². The molecule has 0 aliphatic rings. The molecule has 0 saturated heterocycles. The van der Waals surface area contributed by atoms with E-state index >= 15 is 0 Å². The van der Waals surface area contributed by atoms with Crippen molar-refractivity contribution in [2.24, 2.45) is 4.99 Å². The fourth-order valence-electron chi connectivity index (χ4n) is 6.91. The molecule has 2 heterocycles. The Kier molecular flexibility index (Phi) is 16.7. The van der Waals surface area contributed by atoms with Crippen molar-refractivity contribution in [1.82, 2.24) is 15.3 Å². The van der Waals surface area contributed by atoms with Crippen LogP contribution in [0.25, 0.3) is 11.1 Å². The predicted molar refractivity (Wildman–Crippen MR) is 244 cm³/mol. The van der Waals surface area contributed by atoms with E-state index in [4.69, 9.17) is 42.1 Å². The van der Waals surface area contributed by atoms with Crippen LogP contribution in [0, 0.1) is 25.2 Å². The van der Waals surface area contributed by atoms with Crippen LogP contribution in [0.15, 0.2) is 103 Å². The molecule has 0 bridgehead atoms. The lowest BCUT2D eigenvalue weighted by Crippen LogP contribution is -2.37. The number of halogens is 2. The molecule has 0 aliphatic heterocycles. The van der Waals surface area contributed by atoms with Gasteiger partial charge in [0.2, 0.25) is 0 Å². The number of nitrogens with one attached hydrogen (secondary N) is 1. The highest BCUT2D eigenvalue weighted by atomic mass is 35.5. The van der Waals surface area contributed by atoms with Crippen molar-refractivity contribution < 1.29 is 39.1 Å². The Morgan fingerprint density at radius 1 is 0.750 bits per heavy atom. The second kappa shape index (κ2) is 22.7. The molecule has 1 atom stereocenters. The molecule has 6 rings (SSSR count).